The first kappa shape index (κ1) is 191. The van der Waals surface area contributed by atoms with E-state index in [1.54, 1.807) is 20.8 Å². The van der Waals surface area contributed by atoms with Crippen molar-refractivity contribution in [2.24, 2.45) is 63.8 Å². The lowest BCUT2D eigenvalue weighted by Crippen LogP contribution is -2.33. The second kappa shape index (κ2) is 349. The molecule has 590 valence electrons. The van der Waals surface area contributed by atoms with Crippen molar-refractivity contribution < 1.29 is 65.5 Å². The summed E-state index contributed by atoms with van der Waals surface area (Å²) in [5.41, 5.74) is 34.7. The molecule has 0 unspecified atom stereocenters. The van der Waals surface area contributed by atoms with Crippen molar-refractivity contribution in [3.8, 4) is 0 Å². The molecule has 94 heavy (non-hydrogen) atoms. The van der Waals surface area contributed by atoms with Gasteiger partial charge in [0.1, 0.15) is 74.7 Å². The molecule has 2 aromatic rings. The highest BCUT2D eigenvalue weighted by Crippen LogP contribution is 2.07. The predicted molar refractivity (Wildman–Crippen MR) is 426 cm³/mol. The molecule has 25 nitrogen and oxygen atoms in total. The van der Waals surface area contributed by atoms with E-state index in [4.69, 9.17) is 63.6 Å². The van der Waals surface area contributed by atoms with Crippen LogP contribution in [0.25, 0.3) is 0 Å². The van der Waals surface area contributed by atoms with Gasteiger partial charge in [-0.3, -0.25) is 4.79 Å². The molecule has 1 fully saturated rings. The number of amides is 1. The molecule has 0 saturated carbocycles. The van der Waals surface area contributed by atoms with Crippen LogP contribution in [0.4, 0.5) is 0 Å². The number of aliphatic hydroxyl groups excluding tert-OH is 1. The van der Waals surface area contributed by atoms with E-state index in [0.717, 1.165) is 56.1 Å². The van der Waals surface area contributed by atoms with Crippen LogP contribution in [0.3, 0.4) is 0 Å². The highest BCUT2D eigenvalue weighted by molar-refractivity contribution is 5.73. The lowest BCUT2D eigenvalue weighted by Gasteiger charge is -2.24. The number of likely N-dealkylation sites (tertiary alicyclic amines) is 1. The number of aliphatic hydroxyl groups is 1. The summed E-state index contributed by atoms with van der Waals surface area (Å²) in [6.07, 6.45) is 11.0. The van der Waals surface area contributed by atoms with Gasteiger partial charge in [-0.1, -0.05) is 218 Å². The van der Waals surface area contributed by atoms with Crippen LogP contribution in [0.1, 0.15) is 211 Å². The summed E-state index contributed by atoms with van der Waals surface area (Å²) in [6, 6.07) is 20.9. The van der Waals surface area contributed by atoms with Gasteiger partial charge in [-0.25, -0.2) is 0 Å². The predicted octanol–water partition coefficient (Wildman–Crippen LogP) is 12.7. The Kier molecular flexibility index (Phi) is 710. The van der Waals surface area contributed by atoms with Crippen LogP contribution in [0.2, 0.25) is 0 Å². The molecule has 2 aromatic carbocycles. The Hall–Kier alpha value is -6.20. The zero-order chi connectivity index (χ0) is 79.8. The number of rotatable bonds is 6. The lowest BCUT2D eigenvalue weighted by atomic mass is 10.1. The van der Waals surface area contributed by atoms with Gasteiger partial charge in [0.2, 0.25) is 5.91 Å². The maximum Gasteiger partial charge on any atom is 0.219 e. The molecule has 0 aromatic heterocycles. The van der Waals surface area contributed by atoms with Gasteiger partial charge < -0.3 is 127 Å². The van der Waals surface area contributed by atoms with Crippen LogP contribution in [0, 0.1) is 23.7 Å². The van der Waals surface area contributed by atoms with E-state index < -0.39 is 0 Å². The van der Waals surface area contributed by atoms with E-state index in [0.29, 0.717) is 0 Å². The van der Waals surface area contributed by atoms with Crippen molar-refractivity contribution in [1.82, 2.24) is 29.5 Å². The number of nitrogens with two attached hydrogens (primary N) is 7. The maximum atomic E-state index is 10.7. The fourth-order valence-corrected chi connectivity index (χ4v) is 2.64. The van der Waals surface area contributed by atoms with Gasteiger partial charge in [0.05, 0.1) is 0 Å². The number of carbonyl (C=O) groups excluding carboxylic acids is 12. The summed E-state index contributed by atoms with van der Waals surface area (Å²) in [5.74, 6) is 3.77. The number of nitrogens with zero attached hydrogens (tertiary/aromatic N) is 1. The van der Waals surface area contributed by atoms with Gasteiger partial charge in [-0.05, 0) is 130 Å². The third-order valence-electron chi connectivity index (χ3n) is 7.57. The second-order valence-corrected chi connectivity index (χ2v) is 15.0. The van der Waals surface area contributed by atoms with Crippen molar-refractivity contribution in [3.63, 3.8) is 0 Å². The highest BCUT2D eigenvalue weighted by atomic mass is 16.3. The number of hydrogen-bond donors (Lipinski definition) is 12. The summed E-state index contributed by atoms with van der Waals surface area (Å²) in [6.45, 7) is 70.6. The van der Waals surface area contributed by atoms with Crippen molar-refractivity contribution in [1.29, 1.82) is 0 Å². The smallest absolute Gasteiger partial charge is 0.219 e. The van der Waals surface area contributed by atoms with E-state index in [-0.39, 0.29) is 39.5 Å². The Bertz CT molecular complexity index is 1010. The van der Waals surface area contributed by atoms with Crippen molar-refractivity contribution >= 4 is 80.6 Å². The van der Waals surface area contributed by atoms with Gasteiger partial charge in [-0.15, -0.1) is 0 Å². The van der Waals surface area contributed by atoms with E-state index in [1.807, 2.05) is 126 Å². The number of benzene rings is 2. The number of aryl methyl sites for hydroxylation is 2. The summed E-state index contributed by atoms with van der Waals surface area (Å²) in [7, 11) is 9.00. The fraction of sp³-hybridized carbons (Fsp3) is 0.652. The van der Waals surface area contributed by atoms with Gasteiger partial charge in [0.15, 0.2) is 0 Å². The molecule has 1 aliphatic rings. The minimum absolute atomic E-state index is 0. The number of hydrogen-bond acceptors (Lipinski definition) is 24. The Morgan fingerprint density at radius 3 is 0.553 bits per heavy atom. The van der Waals surface area contributed by atoms with Crippen LogP contribution in [-0.2, 0) is 70.4 Å². The molecule has 3 rings (SSSR count). The first-order valence-corrected chi connectivity index (χ1v) is 29.8. The minimum atomic E-state index is -0.167. The monoisotopic (exact) mass is 1380 g/mol. The Morgan fingerprint density at radius 2 is 0.489 bits per heavy atom. The highest BCUT2D eigenvalue weighted by Gasteiger charge is 2.11. The lowest BCUT2D eigenvalue weighted by molar-refractivity contribution is -0.129. The Balaban J connectivity index is -0.0000000161. The second-order valence-electron chi connectivity index (χ2n) is 15.0. The van der Waals surface area contributed by atoms with Crippen LogP contribution in [0.15, 0.2) is 60.7 Å². The van der Waals surface area contributed by atoms with Crippen molar-refractivity contribution in [2.45, 2.75) is 216 Å². The number of carbonyl (C=O) groups is 12. The Morgan fingerprint density at radius 1 is 0.372 bits per heavy atom. The van der Waals surface area contributed by atoms with Crippen LogP contribution >= 0.6 is 0 Å². The molecule has 1 aliphatic heterocycles. The van der Waals surface area contributed by atoms with E-state index in [9.17, 15) is 4.79 Å². The molecule has 1 amide bonds. The molecule has 1 heterocycles. The molecule has 27 N–H and O–H groups in total. The third-order valence-corrected chi connectivity index (χ3v) is 7.57. The first-order valence-electron chi connectivity index (χ1n) is 29.8. The maximum absolute atomic E-state index is 10.7. The Labute approximate surface area is 587 Å². The van der Waals surface area contributed by atoms with E-state index in [2.05, 4.69) is 180 Å². The minimum Gasteiger partial charge on any atom is -0.394 e. The topological polar surface area (TPSA) is 550 Å². The van der Waals surface area contributed by atoms with Gasteiger partial charge in [0.25, 0.3) is 0 Å². The van der Waals surface area contributed by atoms with Gasteiger partial charge >= 0.3 is 0 Å². The van der Waals surface area contributed by atoms with Crippen LogP contribution in [-0.4, -0.2) is 159 Å². The van der Waals surface area contributed by atoms with E-state index >= 15 is 0 Å². The first-order chi connectivity index (χ1) is 43.4. The molecule has 0 radical (unpaired) electrons. The molecular weight excluding hydrogens is 1200 g/mol. The average Bonchev–Trinajstić information content (AvgIpc) is 3.65. The van der Waals surface area contributed by atoms with Crippen LogP contribution < -0.4 is 64.7 Å². The largest absolute Gasteiger partial charge is 0.394 e. The van der Waals surface area contributed by atoms with E-state index in [1.165, 1.54) is 98.4 Å². The molecule has 0 bridgehead atoms. The fourth-order valence-electron chi connectivity index (χ4n) is 2.64. The summed E-state index contributed by atoms with van der Waals surface area (Å²) < 4.78 is 0. The summed E-state index contributed by atoms with van der Waals surface area (Å²) in [4.78, 5) is 101. The standard InChI is InChI=1S/2C8H10.C7H13NO.4C5H12.C3H8O.C2H7N.2C2H6.6CH5N.11CH2O.4H3N.2H2/c2*1-2-8-6-4-3-5-7-8;1-7(9)8-5-3-2-4-6-8;4*1-4-5(2)3;1-3(2)4;1-2-3;19*1-2;;;;;;/h2*3-7H,2H2,1H3;2-6H2,1H3;4*5H,4H2,1-3H3;3-4H,1-2H3;2-3H2,1H3;2*1-2H3;6*2H2,1H3;11*1H2;4*1H3;2*1H. The van der Waals surface area contributed by atoms with Crippen molar-refractivity contribution in [3.05, 3.63) is 71.8 Å². The summed E-state index contributed by atoms with van der Waals surface area (Å²) >= 11 is 0. The molecular formula is C69H176N12O13. The number of piperidine rings is 1. The molecule has 0 aliphatic carbocycles. The quantitative estimate of drug-likeness (QED) is 0.128. The molecule has 25 heteroatoms. The average molecular weight is 1380 g/mol. The van der Waals surface area contributed by atoms with Gasteiger partial charge in [-0.2, -0.15) is 0 Å². The summed E-state index contributed by atoms with van der Waals surface area (Å²) in [5, 5.41) is 8.06. The third kappa shape index (κ3) is 540. The molecule has 0 atom stereocenters. The van der Waals surface area contributed by atoms with Crippen LogP contribution in [0.5, 0.6) is 0 Å². The molecule has 1 saturated heterocycles. The zero-order valence-electron chi connectivity index (χ0n) is 67.1. The zero-order valence-corrected chi connectivity index (χ0v) is 67.1. The SMILES string of the molecule is C=O.C=O.C=O.C=O.C=O.C=O.C=O.C=O.C=O.C=O.C=O.CC.CC.CC(=O)N1CCCCC1.CC(C)O.CCC(C)C.CCC(C)C.CCC(C)C.CCC(C)C.CCN.CCc1ccccc1.CCc1ccccc1.CN.CN.CN.CN.CN.CN.N.N.N.N.[HH].[HH]. The van der Waals surface area contributed by atoms with Gasteiger partial charge in [0, 0.05) is 29.0 Å². The van der Waals surface area contributed by atoms with Crippen molar-refractivity contribution in [2.75, 3.05) is 61.9 Å². The normalized spacial score (nSPS) is 7.05. The molecule has 0 spiro atoms.